The number of hydrogen-bond acceptors (Lipinski definition) is 2. The minimum atomic E-state index is -0.740. The second-order valence-corrected chi connectivity index (χ2v) is 4.84. The highest BCUT2D eigenvalue weighted by molar-refractivity contribution is 5.80. The van der Waals surface area contributed by atoms with Crippen molar-refractivity contribution in [3.8, 4) is 0 Å². The fourth-order valence-electron chi connectivity index (χ4n) is 2.08. The molecule has 2 fully saturated rings. The van der Waals surface area contributed by atoms with Crippen LogP contribution in [-0.2, 0) is 9.59 Å². The highest BCUT2D eigenvalue weighted by atomic mass is 16.4. The first kappa shape index (κ1) is 10.5. The molecule has 0 heterocycles. The Labute approximate surface area is 89.0 Å². The molecule has 84 valence electrons. The largest absolute Gasteiger partial charge is 0.481 e. The second kappa shape index (κ2) is 3.83. The van der Waals surface area contributed by atoms with E-state index < -0.39 is 5.97 Å². The smallest absolute Gasteiger partial charge is 0.306 e. The molecular formula is C11H17NO3. The third-order valence-corrected chi connectivity index (χ3v) is 3.58. The lowest BCUT2D eigenvalue weighted by Crippen LogP contribution is -2.48. The summed E-state index contributed by atoms with van der Waals surface area (Å²) in [5.41, 5.74) is 0. The third kappa shape index (κ3) is 2.30. The molecule has 0 saturated heterocycles. The van der Waals surface area contributed by atoms with Gasteiger partial charge in [0, 0.05) is 12.0 Å². The third-order valence-electron chi connectivity index (χ3n) is 3.58. The predicted octanol–water partition coefficient (Wildman–Crippen LogP) is 1.01. The van der Waals surface area contributed by atoms with Gasteiger partial charge in [0.2, 0.25) is 5.91 Å². The minimum absolute atomic E-state index is 0.0970. The van der Waals surface area contributed by atoms with Crippen LogP contribution < -0.4 is 5.32 Å². The van der Waals surface area contributed by atoms with Crippen LogP contribution in [0.3, 0.4) is 0 Å². The molecule has 0 aromatic rings. The molecule has 0 radical (unpaired) electrons. The molecule has 1 amide bonds. The Balaban J connectivity index is 1.70. The summed E-state index contributed by atoms with van der Waals surface area (Å²) in [5.74, 6) is -0.206. The zero-order chi connectivity index (χ0) is 11.0. The Kier molecular flexibility index (Phi) is 2.67. The number of carbonyl (C=O) groups excluding carboxylic acids is 1. The summed E-state index contributed by atoms with van der Waals surface area (Å²) in [5, 5.41) is 11.6. The topological polar surface area (TPSA) is 66.4 Å². The molecule has 15 heavy (non-hydrogen) atoms. The number of amides is 1. The Hall–Kier alpha value is -1.06. The Morgan fingerprint density at radius 1 is 1.33 bits per heavy atom. The number of carboxylic acid groups (broad SMARTS) is 1. The Morgan fingerprint density at radius 2 is 1.93 bits per heavy atom. The molecule has 0 aliphatic heterocycles. The minimum Gasteiger partial charge on any atom is -0.481 e. The average molecular weight is 211 g/mol. The maximum Gasteiger partial charge on any atom is 0.306 e. The summed E-state index contributed by atoms with van der Waals surface area (Å²) in [7, 11) is 0. The normalized spacial score (nSPS) is 31.5. The van der Waals surface area contributed by atoms with Crippen molar-refractivity contribution in [2.75, 3.05) is 0 Å². The van der Waals surface area contributed by atoms with Crippen molar-refractivity contribution in [2.45, 2.75) is 38.6 Å². The lowest BCUT2D eigenvalue weighted by atomic mass is 9.80. The zero-order valence-corrected chi connectivity index (χ0v) is 8.90. The monoisotopic (exact) mass is 211 g/mol. The van der Waals surface area contributed by atoms with Gasteiger partial charge in [0.15, 0.2) is 0 Å². The van der Waals surface area contributed by atoms with E-state index in [0.29, 0.717) is 18.8 Å². The number of carboxylic acids is 1. The van der Waals surface area contributed by atoms with Crippen molar-refractivity contribution in [3.63, 3.8) is 0 Å². The van der Waals surface area contributed by atoms with Gasteiger partial charge in [-0.05, 0) is 31.6 Å². The molecule has 0 bridgehead atoms. The van der Waals surface area contributed by atoms with E-state index >= 15 is 0 Å². The van der Waals surface area contributed by atoms with Gasteiger partial charge < -0.3 is 10.4 Å². The van der Waals surface area contributed by atoms with Crippen LogP contribution in [0.1, 0.15) is 32.6 Å². The fraction of sp³-hybridized carbons (Fsp3) is 0.818. The molecule has 4 heteroatoms. The van der Waals surface area contributed by atoms with E-state index in [1.54, 1.807) is 0 Å². The summed E-state index contributed by atoms with van der Waals surface area (Å²) < 4.78 is 0. The standard InChI is InChI=1S/C11H17NO3/c1-6(7-2-3-7)10(13)12-9-4-8(5-9)11(14)15/h6-9H,2-5H2,1H3,(H,12,13)(H,14,15). The van der Waals surface area contributed by atoms with E-state index in [4.69, 9.17) is 5.11 Å². The van der Waals surface area contributed by atoms with E-state index in [9.17, 15) is 9.59 Å². The number of hydrogen-bond donors (Lipinski definition) is 2. The number of rotatable bonds is 4. The van der Waals surface area contributed by atoms with Crippen molar-refractivity contribution in [2.24, 2.45) is 17.8 Å². The van der Waals surface area contributed by atoms with Gasteiger partial charge >= 0.3 is 5.97 Å². The van der Waals surface area contributed by atoms with Gasteiger partial charge in [0.05, 0.1) is 5.92 Å². The molecule has 2 N–H and O–H groups in total. The van der Waals surface area contributed by atoms with E-state index in [2.05, 4.69) is 5.32 Å². The van der Waals surface area contributed by atoms with Gasteiger partial charge in [-0.15, -0.1) is 0 Å². The molecule has 0 spiro atoms. The average Bonchev–Trinajstić information content (AvgIpc) is 2.90. The second-order valence-electron chi connectivity index (χ2n) is 4.84. The van der Waals surface area contributed by atoms with Gasteiger partial charge in [0.25, 0.3) is 0 Å². The van der Waals surface area contributed by atoms with E-state index in [0.717, 1.165) is 12.8 Å². The highest BCUT2D eigenvalue weighted by Crippen LogP contribution is 2.37. The molecule has 2 aliphatic carbocycles. The van der Waals surface area contributed by atoms with E-state index in [-0.39, 0.29) is 23.8 Å². The van der Waals surface area contributed by atoms with Gasteiger partial charge in [-0.3, -0.25) is 9.59 Å². The van der Waals surface area contributed by atoms with Gasteiger partial charge in [-0.2, -0.15) is 0 Å². The molecular weight excluding hydrogens is 194 g/mol. The Bertz CT molecular complexity index is 280. The van der Waals surface area contributed by atoms with E-state index in [1.165, 1.54) is 0 Å². The molecule has 2 aliphatic rings. The zero-order valence-electron chi connectivity index (χ0n) is 8.90. The maximum atomic E-state index is 11.6. The molecule has 1 unspecified atom stereocenters. The van der Waals surface area contributed by atoms with Gasteiger partial charge in [0.1, 0.15) is 0 Å². The maximum absolute atomic E-state index is 11.6. The van der Waals surface area contributed by atoms with E-state index in [1.807, 2.05) is 6.92 Å². The molecule has 0 aromatic carbocycles. The molecule has 4 nitrogen and oxygen atoms in total. The van der Waals surface area contributed by atoms with Crippen molar-refractivity contribution in [1.82, 2.24) is 5.32 Å². The van der Waals surface area contributed by atoms with Crippen LogP contribution in [-0.4, -0.2) is 23.0 Å². The highest BCUT2D eigenvalue weighted by Gasteiger charge is 2.38. The fourth-order valence-corrected chi connectivity index (χ4v) is 2.08. The summed E-state index contributed by atoms with van der Waals surface area (Å²) in [4.78, 5) is 22.2. The van der Waals surface area contributed by atoms with Crippen LogP contribution in [0.25, 0.3) is 0 Å². The SMILES string of the molecule is CC(C(=O)NC1CC(C(=O)O)C1)C1CC1. The van der Waals surface area contributed by atoms with Crippen LogP contribution in [0, 0.1) is 17.8 Å². The molecule has 2 saturated carbocycles. The van der Waals surface area contributed by atoms with Crippen molar-refractivity contribution >= 4 is 11.9 Å². The number of carbonyl (C=O) groups is 2. The number of nitrogens with one attached hydrogen (secondary N) is 1. The van der Waals surface area contributed by atoms with Crippen molar-refractivity contribution in [3.05, 3.63) is 0 Å². The van der Waals surface area contributed by atoms with Crippen LogP contribution in [0.15, 0.2) is 0 Å². The lowest BCUT2D eigenvalue weighted by molar-refractivity contribution is -0.146. The quantitative estimate of drug-likeness (QED) is 0.729. The summed E-state index contributed by atoms with van der Waals surface area (Å²) in [6.07, 6.45) is 3.52. The van der Waals surface area contributed by atoms with Crippen LogP contribution in [0.4, 0.5) is 0 Å². The van der Waals surface area contributed by atoms with Gasteiger partial charge in [-0.1, -0.05) is 6.92 Å². The summed E-state index contributed by atoms with van der Waals surface area (Å²) in [6, 6.07) is 0.0970. The molecule has 1 atom stereocenters. The molecule has 2 rings (SSSR count). The first-order valence-electron chi connectivity index (χ1n) is 5.61. The van der Waals surface area contributed by atoms with Crippen LogP contribution in [0.5, 0.6) is 0 Å². The Morgan fingerprint density at radius 3 is 2.40 bits per heavy atom. The predicted molar refractivity (Wildman–Crippen MR) is 54.2 cm³/mol. The first-order chi connectivity index (χ1) is 7.08. The number of aliphatic carboxylic acids is 1. The van der Waals surface area contributed by atoms with Crippen molar-refractivity contribution < 1.29 is 14.7 Å². The van der Waals surface area contributed by atoms with Crippen LogP contribution in [0.2, 0.25) is 0 Å². The van der Waals surface area contributed by atoms with Crippen molar-refractivity contribution in [1.29, 1.82) is 0 Å². The summed E-state index contributed by atoms with van der Waals surface area (Å²) >= 11 is 0. The first-order valence-corrected chi connectivity index (χ1v) is 5.61. The molecule has 0 aromatic heterocycles. The van der Waals surface area contributed by atoms with Crippen LogP contribution >= 0.6 is 0 Å². The van der Waals surface area contributed by atoms with Gasteiger partial charge in [-0.25, -0.2) is 0 Å². The summed E-state index contributed by atoms with van der Waals surface area (Å²) in [6.45, 7) is 1.96. The lowest BCUT2D eigenvalue weighted by Gasteiger charge is -2.33.